The number of nitrogens with zero attached hydrogens (tertiary/aromatic N) is 1. The minimum absolute atomic E-state index is 0.500. The molecule has 0 aliphatic rings. The van der Waals surface area contributed by atoms with Crippen LogP contribution in [0.25, 0.3) is 10.9 Å². The largest absolute Gasteiger partial charge is 0.494 e. The van der Waals surface area contributed by atoms with Gasteiger partial charge in [0, 0.05) is 18.0 Å². The van der Waals surface area contributed by atoms with Crippen LogP contribution in [-0.4, -0.2) is 11.6 Å². The van der Waals surface area contributed by atoms with Crippen LogP contribution in [0.1, 0.15) is 24.8 Å². The van der Waals surface area contributed by atoms with Crippen molar-refractivity contribution >= 4 is 10.9 Å². The molecule has 1 heterocycles. The molecule has 0 spiro atoms. The van der Waals surface area contributed by atoms with Gasteiger partial charge >= 0.3 is 0 Å². The van der Waals surface area contributed by atoms with E-state index in [9.17, 15) is 0 Å². The molecule has 0 bridgehead atoms. The van der Waals surface area contributed by atoms with Crippen molar-refractivity contribution in [3.8, 4) is 23.8 Å². The number of hydrogen-bond donors (Lipinski definition) is 0. The molecule has 126 valence electrons. The number of ether oxygens (including phenoxy) is 2. The highest BCUT2D eigenvalue weighted by atomic mass is 16.5. The summed E-state index contributed by atoms with van der Waals surface area (Å²) >= 11 is 0. The van der Waals surface area contributed by atoms with E-state index in [2.05, 4.69) is 10.9 Å². The Hall–Kier alpha value is -2.99. The molecule has 3 aromatic rings. The second-order valence-corrected chi connectivity index (χ2v) is 5.80. The van der Waals surface area contributed by atoms with Crippen molar-refractivity contribution in [1.29, 1.82) is 0 Å². The van der Waals surface area contributed by atoms with Crippen LogP contribution >= 0.6 is 0 Å². The summed E-state index contributed by atoms with van der Waals surface area (Å²) in [4.78, 5) is 4.32. The summed E-state index contributed by atoms with van der Waals surface area (Å²) in [6.45, 7) is 1.18. The van der Waals surface area contributed by atoms with Crippen LogP contribution in [0.3, 0.4) is 0 Å². The van der Waals surface area contributed by atoms with E-state index in [1.165, 1.54) is 0 Å². The molecule has 3 heteroatoms. The first kappa shape index (κ1) is 16.9. The van der Waals surface area contributed by atoms with Gasteiger partial charge in [-0.1, -0.05) is 18.2 Å². The second-order valence-electron chi connectivity index (χ2n) is 5.80. The van der Waals surface area contributed by atoms with Gasteiger partial charge < -0.3 is 9.47 Å². The molecule has 3 rings (SSSR count). The Kier molecular flexibility index (Phi) is 5.90. The van der Waals surface area contributed by atoms with Gasteiger partial charge in [0.05, 0.1) is 12.1 Å². The Bertz CT molecular complexity index is 867. The lowest BCUT2D eigenvalue weighted by molar-refractivity contribution is 0.297. The van der Waals surface area contributed by atoms with E-state index in [-0.39, 0.29) is 0 Å². The SMILES string of the molecule is C#CCCCCOc1cccc(COc2ccc3ncccc3c2)c1. The van der Waals surface area contributed by atoms with Crippen molar-refractivity contribution in [2.45, 2.75) is 25.9 Å². The van der Waals surface area contributed by atoms with Crippen LogP contribution in [0.4, 0.5) is 0 Å². The molecular weight excluding hydrogens is 310 g/mol. The molecule has 0 aliphatic carbocycles. The molecule has 0 amide bonds. The zero-order valence-corrected chi connectivity index (χ0v) is 14.2. The third-order valence-electron chi connectivity index (χ3n) is 3.86. The quantitative estimate of drug-likeness (QED) is 0.430. The lowest BCUT2D eigenvalue weighted by Gasteiger charge is -2.10. The maximum atomic E-state index is 5.91. The van der Waals surface area contributed by atoms with Crippen molar-refractivity contribution in [2.24, 2.45) is 0 Å². The van der Waals surface area contributed by atoms with Gasteiger partial charge in [-0.05, 0) is 54.8 Å². The minimum atomic E-state index is 0.500. The molecule has 0 aliphatic heterocycles. The molecule has 0 saturated carbocycles. The average molecular weight is 331 g/mol. The first-order chi connectivity index (χ1) is 12.3. The molecule has 25 heavy (non-hydrogen) atoms. The van der Waals surface area contributed by atoms with Gasteiger partial charge in [-0.15, -0.1) is 12.3 Å². The summed E-state index contributed by atoms with van der Waals surface area (Å²) in [6.07, 6.45) is 9.81. The van der Waals surface area contributed by atoms with Crippen LogP contribution < -0.4 is 9.47 Å². The smallest absolute Gasteiger partial charge is 0.120 e. The van der Waals surface area contributed by atoms with E-state index in [1.54, 1.807) is 6.20 Å². The highest BCUT2D eigenvalue weighted by Gasteiger charge is 2.01. The van der Waals surface area contributed by atoms with Crippen LogP contribution in [0.15, 0.2) is 60.8 Å². The maximum Gasteiger partial charge on any atom is 0.120 e. The van der Waals surface area contributed by atoms with Crippen LogP contribution in [-0.2, 0) is 6.61 Å². The molecular formula is C22H21NO2. The van der Waals surface area contributed by atoms with Crippen molar-refractivity contribution < 1.29 is 9.47 Å². The fourth-order valence-corrected chi connectivity index (χ4v) is 2.55. The van der Waals surface area contributed by atoms with Gasteiger partial charge in [0.2, 0.25) is 0 Å². The lowest BCUT2D eigenvalue weighted by Crippen LogP contribution is -1.99. The third-order valence-corrected chi connectivity index (χ3v) is 3.86. The lowest BCUT2D eigenvalue weighted by atomic mass is 10.2. The fraction of sp³-hybridized carbons (Fsp3) is 0.227. The molecule has 0 saturated heterocycles. The van der Waals surface area contributed by atoms with E-state index >= 15 is 0 Å². The summed E-state index contributed by atoms with van der Waals surface area (Å²) in [5.74, 6) is 4.34. The Balaban J connectivity index is 1.55. The number of unbranched alkanes of at least 4 members (excludes halogenated alkanes) is 2. The zero-order chi connectivity index (χ0) is 17.3. The van der Waals surface area contributed by atoms with Gasteiger partial charge in [-0.3, -0.25) is 4.98 Å². The van der Waals surface area contributed by atoms with Crippen LogP contribution in [0.2, 0.25) is 0 Å². The second kappa shape index (κ2) is 8.75. The predicted octanol–water partition coefficient (Wildman–Crippen LogP) is 5.00. The van der Waals surface area contributed by atoms with Crippen molar-refractivity contribution in [2.75, 3.05) is 6.61 Å². The normalized spacial score (nSPS) is 10.4. The monoisotopic (exact) mass is 331 g/mol. The molecule has 2 aromatic carbocycles. The highest BCUT2D eigenvalue weighted by molar-refractivity contribution is 5.79. The molecule has 0 atom stereocenters. The minimum Gasteiger partial charge on any atom is -0.494 e. The van der Waals surface area contributed by atoms with Gasteiger partial charge in [0.15, 0.2) is 0 Å². The number of terminal acetylenes is 1. The summed E-state index contributed by atoms with van der Waals surface area (Å²) in [7, 11) is 0. The fourth-order valence-electron chi connectivity index (χ4n) is 2.55. The van der Waals surface area contributed by atoms with Gasteiger partial charge in [0.1, 0.15) is 18.1 Å². The molecule has 0 fully saturated rings. The van der Waals surface area contributed by atoms with E-state index < -0.39 is 0 Å². The summed E-state index contributed by atoms with van der Waals surface area (Å²) in [5, 5.41) is 1.07. The predicted molar refractivity (Wildman–Crippen MR) is 101 cm³/mol. The summed E-state index contributed by atoms with van der Waals surface area (Å²) in [6, 6.07) is 17.9. The van der Waals surface area contributed by atoms with E-state index in [4.69, 9.17) is 15.9 Å². The van der Waals surface area contributed by atoms with Crippen molar-refractivity contribution in [1.82, 2.24) is 4.98 Å². The zero-order valence-electron chi connectivity index (χ0n) is 14.2. The van der Waals surface area contributed by atoms with E-state index in [0.717, 1.165) is 47.2 Å². The number of rotatable bonds is 8. The summed E-state index contributed by atoms with van der Waals surface area (Å²) in [5.41, 5.74) is 2.04. The van der Waals surface area contributed by atoms with Crippen LogP contribution in [0, 0.1) is 12.3 Å². The number of fused-ring (bicyclic) bond motifs is 1. The van der Waals surface area contributed by atoms with Gasteiger partial charge in [0.25, 0.3) is 0 Å². The Morgan fingerprint density at radius 1 is 0.920 bits per heavy atom. The average Bonchev–Trinajstić information content (AvgIpc) is 2.66. The first-order valence-corrected chi connectivity index (χ1v) is 8.48. The standard InChI is InChI=1S/C22H21NO2/c1-2-3-4-5-14-24-20-10-6-8-18(15-20)17-25-21-11-12-22-19(16-21)9-7-13-23-22/h1,6-13,15-16H,3-5,14,17H2. The Morgan fingerprint density at radius 3 is 2.76 bits per heavy atom. The number of aromatic nitrogens is 1. The molecule has 0 radical (unpaired) electrons. The van der Waals surface area contributed by atoms with Gasteiger partial charge in [-0.25, -0.2) is 0 Å². The molecule has 1 aromatic heterocycles. The van der Waals surface area contributed by atoms with Crippen molar-refractivity contribution in [3.05, 3.63) is 66.4 Å². The van der Waals surface area contributed by atoms with Gasteiger partial charge in [-0.2, -0.15) is 0 Å². The number of pyridine rings is 1. The highest BCUT2D eigenvalue weighted by Crippen LogP contribution is 2.21. The summed E-state index contributed by atoms with van der Waals surface area (Å²) < 4.78 is 11.7. The molecule has 3 nitrogen and oxygen atoms in total. The van der Waals surface area contributed by atoms with E-state index in [1.807, 2.05) is 54.6 Å². The number of benzene rings is 2. The molecule has 0 N–H and O–H groups in total. The first-order valence-electron chi connectivity index (χ1n) is 8.48. The maximum absolute atomic E-state index is 5.91. The molecule has 0 unspecified atom stereocenters. The van der Waals surface area contributed by atoms with Crippen LogP contribution in [0.5, 0.6) is 11.5 Å². The Labute approximate surface area is 148 Å². The number of hydrogen-bond acceptors (Lipinski definition) is 3. The van der Waals surface area contributed by atoms with Crippen molar-refractivity contribution in [3.63, 3.8) is 0 Å². The Morgan fingerprint density at radius 2 is 1.84 bits per heavy atom. The third kappa shape index (κ3) is 4.99. The van der Waals surface area contributed by atoms with E-state index in [0.29, 0.717) is 13.2 Å². The topological polar surface area (TPSA) is 31.4 Å².